The number of nitrogens with zero attached hydrogens (tertiary/aromatic N) is 2. The fourth-order valence-electron chi connectivity index (χ4n) is 1.76. The first-order valence-electron chi connectivity index (χ1n) is 6.57. The Hall–Kier alpha value is -1.85. The zero-order chi connectivity index (χ0) is 14.3. The Morgan fingerprint density at radius 3 is 2.29 bits per heavy atom. The van der Waals surface area contributed by atoms with Crippen molar-refractivity contribution in [3.63, 3.8) is 0 Å². The predicted molar refractivity (Wildman–Crippen MR) is 86.7 cm³/mol. The van der Waals surface area contributed by atoms with Crippen LogP contribution in [0.5, 0.6) is 5.19 Å². The molecule has 1 aromatic heterocycles. The quantitative estimate of drug-likeness (QED) is 0.631. The van der Waals surface area contributed by atoms with Crippen LogP contribution in [-0.2, 0) is 12.4 Å². The third-order valence-electron chi connectivity index (χ3n) is 2.80. The van der Waals surface area contributed by atoms with E-state index in [-0.39, 0.29) is 0 Å². The average Bonchev–Trinajstić information content (AvgIpc) is 3.01. The third kappa shape index (κ3) is 4.31. The van der Waals surface area contributed by atoms with Gasteiger partial charge in [0, 0.05) is 17.3 Å². The van der Waals surface area contributed by atoms with Gasteiger partial charge >= 0.3 is 0 Å². The summed E-state index contributed by atoms with van der Waals surface area (Å²) in [5.41, 5.74) is 2.40. The predicted octanol–water partition coefficient (Wildman–Crippen LogP) is 4.41. The van der Waals surface area contributed by atoms with Gasteiger partial charge in [-0.3, -0.25) is 0 Å². The van der Waals surface area contributed by atoms with Crippen molar-refractivity contribution in [1.82, 2.24) is 9.36 Å². The van der Waals surface area contributed by atoms with Gasteiger partial charge in [0.1, 0.15) is 6.61 Å². The second-order valence-corrected chi connectivity index (χ2v) is 6.05. The van der Waals surface area contributed by atoms with Crippen LogP contribution >= 0.6 is 23.3 Å². The van der Waals surface area contributed by atoms with E-state index in [1.165, 1.54) is 17.1 Å². The smallest absolute Gasteiger partial charge is 0.294 e. The molecule has 2 aromatic carbocycles. The molecule has 0 saturated heterocycles. The van der Waals surface area contributed by atoms with Crippen LogP contribution in [0.1, 0.15) is 11.1 Å². The molecule has 0 N–H and O–H groups in total. The van der Waals surface area contributed by atoms with Crippen LogP contribution in [-0.4, -0.2) is 9.36 Å². The van der Waals surface area contributed by atoms with E-state index in [2.05, 4.69) is 21.5 Å². The van der Waals surface area contributed by atoms with E-state index in [4.69, 9.17) is 4.74 Å². The van der Waals surface area contributed by atoms with Gasteiger partial charge in [0.05, 0.1) is 0 Å². The molecule has 3 nitrogen and oxygen atoms in total. The molecule has 3 aromatic rings. The highest BCUT2D eigenvalue weighted by Crippen LogP contribution is 2.25. The summed E-state index contributed by atoms with van der Waals surface area (Å²) in [4.78, 5) is 4.39. The molecule has 106 valence electrons. The molecule has 21 heavy (non-hydrogen) atoms. The number of hydrogen-bond acceptors (Lipinski definition) is 5. The molecular weight excluding hydrogens is 300 g/mol. The van der Waals surface area contributed by atoms with E-state index in [1.54, 1.807) is 11.8 Å². The molecule has 5 heteroatoms. The third-order valence-corrected chi connectivity index (χ3v) is 4.47. The number of ether oxygens (including phenoxy) is 1. The van der Waals surface area contributed by atoms with E-state index >= 15 is 0 Å². The van der Waals surface area contributed by atoms with E-state index in [9.17, 15) is 0 Å². The Morgan fingerprint density at radius 2 is 1.57 bits per heavy atom. The van der Waals surface area contributed by atoms with Crippen LogP contribution in [0, 0.1) is 0 Å². The Kier molecular flexibility index (Phi) is 4.86. The zero-order valence-corrected chi connectivity index (χ0v) is 12.9. The average molecular weight is 314 g/mol. The number of benzene rings is 2. The first-order valence-corrected chi connectivity index (χ1v) is 8.33. The molecule has 3 rings (SSSR count). The molecule has 0 spiro atoms. The lowest BCUT2D eigenvalue weighted by molar-refractivity contribution is 0.303. The van der Waals surface area contributed by atoms with Gasteiger partial charge in [-0.25, -0.2) is 0 Å². The van der Waals surface area contributed by atoms with Crippen LogP contribution in [0.4, 0.5) is 0 Å². The lowest BCUT2D eigenvalue weighted by Gasteiger charge is -2.00. The van der Waals surface area contributed by atoms with Crippen LogP contribution in [0.3, 0.4) is 0 Å². The molecule has 0 amide bonds. The summed E-state index contributed by atoms with van der Waals surface area (Å²) >= 11 is 2.92. The zero-order valence-electron chi connectivity index (χ0n) is 11.3. The minimum atomic E-state index is 0.527. The van der Waals surface area contributed by atoms with E-state index in [0.29, 0.717) is 11.8 Å². The van der Waals surface area contributed by atoms with Crippen LogP contribution < -0.4 is 4.74 Å². The van der Waals surface area contributed by atoms with Crippen molar-refractivity contribution in [2.75, 3.05) is 0 Å². The monoisotopic (exact) mass is 314 g/mol. The molecule has 0 bridgehead atoms. The summed E-state index contributed by atoms with van der Waals surface area (Å²) in [6.07, 6.45) is 0. The summed E-state index contributed by atoms with van der Waals surface area (Å²) in [6.45, 7) is 0.527. The van der Waals surface area contributed by atoms with Gasteiger partial charge in [-0.2, -0.15) is 9.36 Å². The van der Waals surface area contributed by atoms with Gasteiger partial charge in [0.25, 0.3) is 5.19 Å². The maximum Gasteiger partial charge on any atom is 0.294 e. The number of rotatable bonds is 6. The molecule has 0 fully saturated rings. The SMILES string of the molecule is c1ccc(COc2nc(SCc3ccccc3)ns2)cc1. The highest BCUT2D eigenvalue weighted by molar-refractivity contribution is 7.98. The summed E-state index contributed by atoms with van der Waals surface area (Å²) in [7, 11) is 0. The van der Waals surface area contributed by atoms with Crippen molar-refractivity contribution in [3.05, 3.63) is 71.8 Å². The molecule has 0 saturated carbocycles. The van der Waals surface area contributed by atoms with Crippen LogP contribution in [0.25, 0.3) is 0 Å². The van der Waals surface area contributed by atoms with Gasteiger partial charge in [0.15, 0.2) is 0 Å². The van der Waals surface area contributed by atoms with Gasteiger partial charge in [-0.1, -0.05) is 72.4 Å². The Bertz CT molecular complexity index is 613. The standard InChI is InChI=1S/C16H14N2OS2/c1-3-7-13(8-4-1)11-19-16-17-15(18-21-16)20-12-14-9-5-2-6-10-14/h1-10H,11-12H2. The second-order valence-electron chi connectivity index (χ2n) is 4.39. The molecular formula is C16H14N2OS2. The van der Waals surface area contributed by atoms with Crippen LogP contribution in [0.15, 0.2) is 65.8 Å². The van der Waals surface area contributed by atoms with E-state index in [0.717, 1.165) is 16.5 Å². The van der Waals surface area contributed by atoms with Crippen molar-refractivity contribution in [2.45, 2.75) is 17.5 Å². The van der Waals surface area contributed by atoms with E-state index in [1.807, 2.05) is 48.5 Å². The molecule has 0 radical (unpaired) electrons. The summed E-state index contributed by atoms with van der Waals surface area (Å²) in [5, 5.41) is 1.39. The first-order chi connectivity index (χ1) is 10.4. The summed E-state index contributed by atoms with van der Waals surface area (Å²) < 4.78 is 9.97. The Morgan fingerprint density at radius 1 is 0.905 bits per heavy atom. The fourth-order valence-corrected chi connectivity index (χ4v) is 3.21. The maximum atomic E-state index is 5.66. The molecule has 0 aliphatic heterocycles. The number of thioether (sulfide) groups is 1. The van der Waals surface area contributed by atoms with E-state index < -0.39 is 0 Å². The van der Waals surface area contributed by atoms with Crippen molar-refractivity contribution < 1.29 is 4.74 Å². The lowest BCUT2D eigenvalue weighted by atomic mass is 10.2. The van der Waals surface area contributed by atoms with Crippen molar-refractivity contribution in [1.29, 1.82) is 0 Å². The molecule has 0 aliphatic rings. The van der Waals surface area contributed by atoms with Gasteiger partial charge in [0.2, 0.25) is 5.16 Å². The van der Waals surface area contributed by atoms with Gasteiger partial charge in [-0.05, 0) is 11.1 Å². The minimum absolute atomic E-state index is 0.527. The van der Waals surface area contributed by atoms with Crippen molar-refractivity contribution >= 4 is 23.3 Å². The first kappa shape index (κ1) is 14.1. The normalized spacial score (nSPS) is 10.5. The Labute approximate surface area is 132 Å². The van der Waals surface area contributed by atoms with Gasteiger partial charge < -0.3 is 4.74 Å². The number of hydrogen-bond donors (Lipinski definition) is 0. The highest BCUT2D eigenvalue weighted by Gasteiger charge is 2.06. The molecule has 1 heterocycles. The summed E-state index contributed by atoms with van der Waals surface area (Å²) in [6, 6.07) is 20.4. The van der Waals surface area contributed by atoms with Crippen molar-refractivity contribution in [2.24, 2.45) is 0 Å². The largest absolute Gasteiger partial charge is 0.464 e. The lowest BCUT2D eigenvalue weighted by Crippen LogP contribution is -1.94. The molecule has 0 unspecified atom stereocenters. The molecule has 0 aliphatic carbocycles. The maximum absolute atomic E-state index is 5.66. The Balaban J connectivity index is 1.52. The topological polar surface area (TPSA) is 35.0 Å². The molecule has 0 atom stereocenters. The van der Waals surface area contributed by atoms with Gasteiger partial charge in [-0.15, -0.1) is 0 Å². The number of aromatic nitrogens is 2. The summed E-state index contributed by atoms with van der Waals surface area (Å²) in [5.74, 6) is 0.871. The highest BCUT2D eigenvalue weighted by atomic mass is 32.2. The minimum Gasteiger partial charge on any atom is -0.464 e. The van der Waals surface area contributed by atoms with Crippen LogP contribution in [0.2, 0.25) is 0 Å². The fraction of sp³-hybridized carbons (Fsp3) is 0.125. The van der Waals surface area contributed by atoms with Crippen molar-refractivity contribution in [3.8, 4) is 5.19 Å². The second kappa shape index (κ2) is 7.24.